The Morgan fingerprint density at radius 2 is 1.79 bits per heavy atom. The Hall–Kier alpha value is -2.79. The van der Waals surface area contributed by atoms with E-state index >= 15 is 0 Å². The molecule has 1 aromatic heterocycles. The zero-order valence-electron chi connectivity index (χ0n) is 21.1. The standard InChI is InChI=1S/C29H40N4O/c1-4-6-15-33(16-7-5-2)25-10-8-9-23(19-25)29(34)31-24-11-12-28-26(20-24)27(21-30-28)22-13-17-32(3)18-14-22/h8-12,19-22,30H,4-7,13-18H2,1-3H3,(H,31,34). The van der Waals surface area contributed by atoms with Crippen molar-refractivity contribution < 1.29 is 4.79 Å². The summed E-state index contributed by atoms with van der Waals surface area (Å²) >= 11 is 0. The first kappa shape index (κ1) is 24.3. The van der Waals surface area contributed by atoms with Gasteiger partial charge in [0.2, 0.25) is 0 Å². The third-order valence-electron chi connectivity index (χ3n) is 7.17. The second-order valence-electron chi connectivity index (χ2n) is 9.78. The van der Waals surface area contributed by atoms with Crippen LogP contribution in [0.2, 0.25) is 0 Å². The van der Waals surface area contributed by atoms with Gasteiger partial charge in [-0.2, -0.15) is 0 Å². The van der Waals surface area contributed by atoms with Crippen molar-refractivity contribution in [1.82, 2.24) is 9.88 Å². The predicted octanol–water partition coefficient (Wildman–Crippen LogP) is 6.64. The maximum atomic E-state index is 13.2. The lowest BCUT2D eigenvalue weighted by molar-refractivity contribution is 0.102. The molecule has 0 atom stereocenters. The van der Waals surface area contributed by atoms with Gasteiger partial charge in [-0.25, -0.2) is 0 Å². The smallest absolute Gasteiger partial charge is 0.255 e. The maximum Gasteiger partial charge on any atom is 0.255 e. The summed E-state index contributed by atoms with van der Waals surface area (Å²) in [5.74, 6) is 0.522. The Balaban J connectivity index is 1.50. The number of carbonyl (C=O) groups is 1. The van der Waals surface area contributed by atoms with Crippen LogP contribution in [-0.4, -0.2) is 49.0 Å². The Morgan fingerprint density at radius 3 is 2.50 bits per heavy atom. The van der Waals surface area contributed by atoms with Crippen molar-refractivity contribution in [3.63, 3.8) is 0 Å². The van der Waals surface area contributed by atoms with E-state index in [1.54, 1.807) is 0 Å². The predicted molar refractivity (Wildman–Crippen MR) is 144 cm³/mol. The number of fused-ring (bicyclic) bond motifs is 1. The molecular weight excluding hydrogens is 420 g/mol. The summed E-state index contributed by atoms with van der Waals surface area (Å²) in [7, 11) is 2.20. The highest BCUT2D eigenvalue weighted by atomic mass is 16.1. The number of likely N-dealkylation sites (tertiary alicyclic amines) is 1. The molecule has 5 nitrogen and oxygen atoms in total. The van der Waals surface area contributed by atoms with Crippen LogP contribution >= 0.6 is 0 Å². The summed E-state index contributed by atoms with van der Waals surface area (Å²) in [6.07, 6.45) is 9.19. The number of hydrogen-bond donors (Lipinski definition) is 2. The summed E-state index contributed by atoms with van der Waals surface area (Å²) in [6.45, 7) is 8.79. The number of benzene rings is 2. The second kappa shape index (κ2) is 11.6. The fourth-order valence-electron chi connectivity index (χ4n) is 4.99. The fraction of sp³-hybridized carbons (Fsp3) is 0.483. The molecule has 34 heavy (non-hydrogen) atoms. The molecule has 1 fully saturated rings. The van der Waals surface area contributed by atoms with Crippen LogP contribution in [0.15, 0.2) is 48.7 Å². The molecule has 1 aliphatic heterocycles. The monoisotopic (exact) mass is 460 g/mol. The molecule has 0 unspecified atom stereocenters. The molecular formula is C29H40N4O. The van der Waals surface area contributed by atoms with Crippen molar-refractivity contribution in [2.75, 3.05) is 43.4 Å². The minimum Gasteiger partial charge on any atom is -0.372 e. The van der Waals surface area contributed by atoms with Crippen LogP contribution in [0.1, 0.15) is 74.2 Å². The van der Waals surface area contributed by atoms with Gasteiger partial charge in [0.1, 0.15) is 0 Å². The van der Waals surface area contributed by atoms with Crippen molar-refractivity contribution in [1.29, 1.82) is 0 Å². The lowest BCUT2D eigenvalue weighted by Gasteiger charge is -2.28. The molecule has 1 aliphatic rings. The van der Waals surface area contributed by atoms with E-state index < -0.39 is 0 Å². The van der Waals surface area contributed by atoms with E-state index in [4.69, 9.17) is 0 Å². The summed E-state index contributed by atoms with van der Waals surface area (Å²) in [4.78, 5) is 21.4. The van der Waals surface area contributed by atoms with E-state index in [1.807, 2.05) is 24.3 Å². The van der Waals surface area contributed by atoms with Crippen LogP contribution in [0, 0.1) is 0 Å². The molecule has 182 valence electrons. The summed E-state index contributed by atoms with van der Waals surface area (Å²) in [5, 5.41) is 4.38. The first-order valence-corrected chi connectivity index (χ1v) is 13.0. The zero-order chi connectivity index (χ0) is 23.9. The number of amides is 1. The van der Waals surface area contributed by atoms with Gasteiger partial charge in [0.15, 0.2) is 0 Å². The van der Waals surface area contributed by atoms with Crippen molar-refractivity contribution >= 4 is 28.2 Å². The van der Waals surface area contributed by atoms with Crippen LogP contribution < -0.4 is 10.2 Å². The average molecular weight is 461 g/mol. The Kier molecular flexibility index (Phi) is 8.28. The molecule has 0 radical (unpaired) electrons. The lowest BCUT2D eigenvalue weighted by atomic mass is 9.89. The minimum absolute atomic E-state index is 0.0523. The van der Waals surface area contributed by atoms with Crippen LogP contribution in [0.5, 0.6) is 0 Å². The number of carbonyl (C=O) groups excluding carboxylic acids is 1. The summed E-state index contributed by atoms with van der Waals surface area (Å²) in [6, 6.07) is 14.3. The van der Waals surface area contributed by atoms with Gasteiger partial charge in [0.05, 0.1) is 0 Å². The molecule has 0 bridgehead atoms. The molecule has 5 heteroatoms. The third-order valence-corrected chi connectivity index (χ3v) is 7.17. The molecule has 2 aromatic carbocycles. The number of piperidine rings is 1. The van der Waals surface area contributed by atoms with Gasteiger partial charge >= 0.3 is 0 Å². The van der Waals surface area contributed by atoms with E-state index in [1.165, 1.54) is 36.6 Å². The van der Waals surface area contributed by atoms with Gasteiger partial charge in [-0.05, 0) is 93.7 Å². The SMILES string of the molecule is CCCCN(CCCC)c1cccc(C(=O)Nc2ccc3[nH]cc(C4CCN(C)CC4)c3c2)c1. The van der Waals surface area contributed by atoms with Gasteiger partial charge in [-0.1, -0.05) is 32.8 Å². The fourth-order valence-corrected chi connectivity index (χ4v) is 4.99. The summed E-state index contributed by atoms with van der Waals surface area (Å²) < 4.78 is 0. The highest BCUT2D eigenvalue weighted by Crippen LogP contribution is 2.34. The van der Waals surface area contributed by atoms with Crippen LogP contribution in [-0.2, 0) is 0 Å². The number of H-pyrrole nitrogens is 1. The molecule has 3 aromatic rings. The first-order chi connectivity index (χ1) is 16.6. The van der Waals surface area contributed by atoms with Gasteiger partial charge < -0.3 is 20.1 Å². The molecule has 2 N–H and O–H groups in total. The van der Waals surface area contributed by atoms with Crippen LogP contribution in [0.4, 0.5) is 11.4 Å². The Bertz CT molecular complexity index is 1070. The lowest BCUT2D eigenvalue weighted by Crippen LogP contribution is -2.29. The molecule has 1 saturated heterocycles. The quantitative estimate of drug-likeness (QED) is 0.357. The Labute approximate surface area is 204 Å². The van der Waals surface area contributed by atoms with Gasteiger partial charge in [0.25, 0.3) is 5.91 Å². The average Bonchev–Trinajstić information content (AvgIpc) is 3.28. The van der Waals surface area contributed by atoms with Crippen molar-refractivity contribution in [3.8, 4) is 0 Å². The van der Waals surface area contributed by atoms with Crippen molar-refractivity contribution in [3.05, 3.63) is 59.8 Å². The topological polar surface area (TPSA) is 51.4 Å². The minimum atomic E-state index is -0.0523. The highest BCUT2D eigenvalue weighted by molar-refractivity contribution is 6.05. The van der Waals surface area contributed by atoms with E-state index in [9.17, 15) is 4.79 Å². The number of aromatic amines is 1. The van der Waals surface area contributed by atoms with Crippen molar-refractivity contribution in [2.24, 2.45) is 0 Å². The number of nitrogens with zero attached hydrogens (tertiary/aromatic N) is 2. The van der Waals surface area contributed by atoms with Gasteiger partial charge in [-0.3, -0.25) is 4.79 Å². The van der Waals surface area contributed by atoms with Crippen LogP contribution in [0.3, 0.4) is 0 Å². The van der Waals surface area contributed by atoms with E-state index in [-0.39, 0.29) is 5.91 Å². The number of nitrogens with one attached hydrogen (secondary N) is 2. The van der Waals surface area contributed by atoms with E-state index in [0.717, 1.165) is 55.9 Å². The molecule has 4 rings (SSSR count). The molecule has 0 spiro atoms. The van der Waals surface area contributed by atoms with Crippen LogP contribution in [0.25, 0.3) is 10.9 Å². The van der Waals surface area contributed by atoms with Gasteiger partial charge in [-0.15, -0.1) is 0 Å². The highest BCUT2D eigenvalue weighted by Gasteiger charge is 2.21. The number of unbranched alkanes of at least 4 members (excludes halogenated alkanes) is 2. The molecule has 0 saturated carbocycles. The summed E-state index contributed by atoms with van der Waals surface area (Å²) in [5.41, 5.74) is 5.21. The van der Waals surface area contributed by atoms with E-state index in [2.05, 4.69) is 65.4 Å². The number of aromatic nitrogens is 1. The molecule has 2 heterocycles. The van der Waals surface area contributed by atoms with E-state index in [0.29, 0.717) is 11.5 Å². The number of anilines is 2. The zero-order valence-corrected chi connectivity index (χ0v) is 21.1. The largest absolute Gasteiger partial charge is 0.372 e. The molecule has 0 aliphatic carbocycles. The second-order valence-corrected chi connectivity index (χ2v) is 9.78. The van der Waals surface area contributed by atoms with Crippen molar-refractivity contribution in [2.45, 2.75) is 58.3 Å². The first-order valence-electron chi connectivity index (χ1n) is 13.0. The molecule has 1 amide bonds. The Morgan fingerprint density at radius 1 is 1.06 bits per heavy atom. The number of rotatable bonds is 10. The van der Waals surface area contributed by atoms with Gasteiger partial charge in [0, 0.05) is 47.1 Å². The normalized spacial score (nSPS) is 15.0. The number of hydrogen-bond acceptors (Lipinski definition) is 3. The third kappa shape index (κ3) is 5.82. The maximum absolute atomic E-state index is 13.2.